The molecule has 0 atom stereocenters. The fourth-order valence-corrected chi connectivity index (χ4v) is 2.24. The van der Waals surface area contributed by atoms with Crippen LogP contribution < -0.4 is 0 Å². The van der Waals surface area contributed by atoms with Gasteiger partial charge in [-0.1, -0.05) is 0 Å². The second-order valence-electron chi connectivity index (χ2n) is 4.11. The number of aromatic amines is 1. The Balaban J connectivity index is 2.07. The summed E-state index contributed by atoms with van der Waals surface area (Å²) >= 11 is 6.02. The molecule has 1 aliphatic rings. The van der Waals surface area contributed by atoms with Crippen LogP contribution in [0.15, 0.2) is 24.5 Å². The van der Waals surface area contributed by atoms with Gasteiger partial charge in [0.25, 0.3) is 0 Å². The van der Waals surface area contributed by atoms with Crippen molar-refractivity contribution in [3.8, 4) is 11.3 Å². The topological polar surface area (TPSA) is 41.6 Å². The molecular weight excluding hydrogens is 222 g/mol. The lowest BCUT2D eigenvalue weighted by atomic mass is 10.1. The lowest BCUT2D eigenvalue weighted by Gasteiger charge is -2.00. The van der Waals surface area contributed by atoms with Gasteiger partial charge in [-0.25, -0.2) is 0 Å². The minimum Gasteiger partial charge on any atom is -0.281 e. The fraction of sp³-hybridized carbons (Fsp3) is 0.333. The van der Waals surface area contributed by atoms with Crippen molar-refractivity contribution in [2.24, 2.45) is 0 Å². The average Bonchev–Trinajstić information content (AvgIpc) is 3.09. The van der Waals surface area contributed by atoms with Crippen LogP contribution in [-0.4, -0.2) is 15.2 Å². The zero-order chi connectivity index (χ0) is 11.0. The molecule has 3 rings (SSSR count). The number of aromatic nitrogens is 3. The number of hydrogen-bond donors (Lipinski definition) is 1. The molecule has 0 spiro atoms. The summed E-state index contributed by atoms with van der Waals surface area (Å²) in [4.78, 5) is 4.11. The summed E-state index contributed by atoms with van der Waals surface area (Å²) in [6.07, 6.45) is 6.08. The summed E-state index contributed by atoms with van der Waals surface area (Å²) in [7, 11) is 0. The third-order valence-corrected chi connectivity index (χ3v) is 3.22. The molecule has 4 heteroatoms. The smallest absolute Gasteiger partial charge is 0.0983 e. The van der Waals surface area contributed by atoms with Gasteiger partial charge in [0, 0.05) is 35.1 Å². The fourth-order valence-electron chi connectivity index (χ4n) is 1.97. The second kappa shape index (κ2) is 3.91. The highest BCUT2D eigenvalue weighted by Crippen LogP contribution is 2.42. The van der Waals surface area contributed by atoms with Crippen molar-refractivity contribution in [1.82, 2.24) is 15.2 Å². The van der Waals surface area contributed by atoms with E-state index in [4.69, 9.17) is 11.6 Å². The van der Waals surface area contributed by atoms with Crippen molar-refractivity contribution in [3.05, 3.63) is 35.8 Å². The molecule has 2 aromatic heterocycles. The van der Waals surface area contributed by atoms with Crippen LogP contribution in [0.4, 0.5) is 0 Å². The van der Waals surface area contributed by atoms with Gasteiger partial charge in [0.1, 0.15) is 0 Å². The van der Waals surface area contributed by atoms with Crippen molar-refractivity contribution in [3.63, 3.8) is 0 Å². The van der Waals surface area contributed by atoms with Gasteiger partial charge in [0.15, 0.2) is 0 Å². The maximum atomic E-state index is 6.02. The van der Waals surface area contributed by atoms with Gasteiger partial charge in [-0.3, -0.25) is 10.1 Å². The van der Waals surface area contributed by atoms with E-state index in [1.807, 2.05) is 18.3 Å². The SMILES string of the molecule is ClCc1c(-c2cccnc2)n[nH]c1C1CC1. The van der Waals surface area contributed by atoms with Crippen molar-refractivity contribution in [2.45, 2.75) is 24.6 Å². The van der Waals surface area contributed by atoms with E-state index in [2.05, 4.69) is 15.2 Å². The molecule has 2 aromatic rings. The number of rotatable bonds is 3. The summed E-state index contributed by atoms with van der Waals surface area (Å²) in [5.41, 5.74) is 4.33. The highest BCUT2D eigenvalue weighted by atomic mass is 35.5. The predicted octanol–water partition coefficient (Wildman–Crippen LogP) is 3.09. The van der Waals surface area contributed by atoms with Crippen molar-refractivity contribution in [1.29, 1.82) is 0 Å². The number of pyridine rings is 1. The predicted molar refractivity (Wildman–Crippen MR) is 63.4 cm³/mol. The van der Waals surface area contributed by atoms with Crippen LogP contribution in [0.25, 0.3) is 11.3 Å². The number of hydrogen-bond acceptors (Lipinski definition) is 2. The van der Waals surface area contributed by atoms with Gasteiger partial charge in [-0.15, -0.1) is 11.6 Å². The molecule has 1 saturated carbocycles. The van der Waals surface area contributed by atoms with Crippen LogP contribution in [0, 0.1) is 0 Å². The summed E-state index contributed by atoms with van der Waals surface area (Å²) in [5.74, 6) is 1.15. The Morgan fingerprint density at radius 2 is 2.31 bits per heavy atom. The Labute approximate surface area is 98.9 Å². The lowest BCUT2D eigenvalue weighted by Crippen LogP contribution is -1.88. The van der Waals surface area contributed by atoms with E-state index in [0.717, 1.165) is 16.8 Å². The first-order valence-corrected chi connectivity index (χ1v) is 5.97. The molecule has 0 bridgehead atoms. The molecule has 2 heterocycles. The van der Waals surface area contributed by atoms with Gasteiger partial charge < -0.3 is 0 Å². The minimum absolute atomic E-state index is 0.507. The normalized spacial score (nSPS) is 15.3. The van der Waals surface area contributed by atoms with Crippen LogP contribution in [0.5, 0.6) is 0 Å². The first kappa shape index (κ1) is 9.85. The lowest BCUT2D eigenvalue weighted by molar-refractivity contribution is 0.958. The van der Waals surface area contributed by atoms with Crippen LogP contribution in [0.3, 0.4) is 0 Å². The summed E-state index contributed by atoms with van der Waals surface area (Å²) in [6.45, 7) is 0. The monoisotopic (exact) mass is 233 g/mol. The molecule has 0 saturated heterocycles. The van der Waals surface area contributed by atoms with Crippen molar-refractivity contribution < 1.29 is 0 Å². The summed E-state index contributed by atoms with van der Waals surface area (Å²) in [5, 5.41) is 7.49. The number of nitrogens with one attached hydrogen (secondary N) is 1. The molecule has 3 nitrogen and oxygen atoms in total. The van der Waals surface area contributed by atoms with E-state index in [1.54, 1.807) is 6.20 Å². The maximum absolute atomic E-state index is 6.02. The highest BCUT2D eigenvalue weighted by Gasteiger charge is 2.29. The molecule has 0 amide bonds. The van der Waals surface area contributed by atoms with Gasteiger partial charge in [-0.2, -0.15) is 5.10 Å². The van der Waals surface area contributed by atoms with E-state index >= 15 is 0 Å². The van der Waals surface area contributed by atoms with Gasteiger partial charge in [0.05, 0.1) is 11.6 Å². The molecule has 0 radical (unpaired) electrons. The zero-order valence-corrected chi connectivity index (χ0v) is 9.54. The van der Waals surface area contributed by atoms with Crippen molar-refractivity contribution >= 4 is 11.6 Å². The van der Waals surface area contributed by atoms with Crippen LogP contribution in [0.2, 0.25) is 0 Å². The van der Waals surface area contributed by atoms with E-state index in [-0.39, 0.29) is 0 Å². The number of halogens is 1. The first-order chi connectivity index (χ1) is 7.90. The minimum atomic E-state index is 0.507. The van der Waals surface area contributed by atoms with Gasteiger partial charge in [0.2, 0.25) is 0 Å². The van der Waals surface area contributed by atoms with E-state index in [0.29, 0.717) is 11.8 Å². The third-order valence-electron chi connectivity index (χ3n) is 2.95. The Morgan fingerprint density at radius 3 is 2.94 bits per heavy atom. The largest absolute Gasteiger partial charge is 0.281 e. The van der Waals surface area contributed by atoms with Gasteiger partial charge in [-0.05, 0) is 25.0 Å². The average molecular weight is 234 g/mol. The van der Waals surface area contributed by atoms with Crippen molar-refractivity contribution in [2.75, 3.05) is 0 Å². The molecule has 0 aromatic carbocycles. The van der Waals surface area contributed by atoms with E-state index in [1.165, 1.54) is 18.5 Å². The summed E-state index contributed by atoms with van der Waals surface area (Å²) in [6, 6.07) is 3.93. The van der Waals surface area contributed by atoms with Crippen LogP contribution >= 0.6 is 11.6 Å². The van der Waals surface area contributed by atoms with Crippen LogP contribution in [0.1, 0.15) is 30.0 Å². The molecule has 1 aliphatic carbocycles. The quantitative estimate of drug-likeness (QED) is 0.828. The number of alkyl halides is 1. The first-order valence-electron chi connectivity index (χ1n) is 5.43. The van der Waals surface area contributed by atoms with E-state index in [9.17, 15) is 0 Å². The molecule has 0 aliphatic heterocycles. The highest BCUT2D eigenvalue weighted by molar-refractivity contribution is 6.17. The van der Waals surface area contributed by atoms with E-state index < -0.39 is 0 Å². The maximum Gasteiger partial charge on any atom is 0.0983 e. The zero-order valence-electron chi connectivity index (χ0n) is 8.78. The molecule has 1 fully saturated rings. The second-order valence-corrected chi connectivity index (χ2v) is 4.38. The molecular formula is C12H12ClN3. The number of nitrogens with zero attached hydrogens (tertiary/aromatic N) is 2. The molecule has 16 heavy (non-hydrogen) atoms. The Kier molecular flexibility index (Phi) is 2.40. The molecule has 1 N–H and O–H groups in total. The third kappa shape index (κ3) is 1.61. The molecule has 0 unspecified atom stereocenters. The Hall–Kier alpha value is -1.35. The van der Waals surface area contributed by atoms with Crippen LogP contribution in [-0.2, 0) is 5.88 Å². The molecule has 82 valence electrons. The Morgan fingerprint density at radius 1 is 1.44 bits per heavy atom. The summed E-state index contributed by atoms with van der Waals surface area (Å²) < 4.78 is 0. The standard InChI is InChI=1S/C12H12ClN3/c13-6-10-11(8-3-4-8)15-16-12(10)9-2-1-5-14-7-9/h1-2,5,7-8H,3-4,6H2,(H,15,16). The number of H-pyrrole nitrogens is 1. The Bertz CT molecular complexity index is 488. The van der Waals surface area contributed by atoms with Gasteiger partial charge >= 0.3 is 0 Å².